The second-order valence-corrected chi connectivity index (χ2v) is 11.6. The first-order valence-electron chi connectivity index (χ1n) is 16.6. The number of unbranched alkanes of at least 4 members (excludes halogenated alkanes) is 20. The topological polar surface area (TPSA) is 6.48 Å². The third-order valence-electron chi connectivity index (χ3n) is 8.26. The molecule has 1 aliphatic heterocycles. The van der Waals surface area contributed by atoms with Gasteiger partial charge in [0.1, 0.15) is 6.17 Å². The molecule has 1 aliphatic rings. The van der Waals surface area contributed by atoms with Gasteiger partial charge in [-0.05, 0) is 31.4 Å². The van der Waals surface area contributed by atoms with Gasteiger partial charge >= 0.3 is 0 Å². The summed E-state index contributed by atoms with van der Waals surface area (Å²) in [5, 5.41) is 0. The molecule has 0 saturated heterocycles. The molecule has 1 atom stereocenters. The normalized spacial score (nSPS) is 15.2. The van der Waals surface area contributed by atoms with E-state index in [0.29, 0.717) is 6.17 Å². The third-order valence-corrected chi connectivity index (χ3v) is 8.26. The van der Waals surface area contributed by atoms with E-state index in [-0.39, 0.29) is 0 Å². The molecule has 1 unspecified atom stereocenters. The van der Waals surface area contributed by atoms with Crippen LogP contribution < -0.4 is 4.90 Å². The molecular weight excluding hydrogens is 448 g/mol. The number of hydrogen-bond acceptors (Lipinski definition) is 2. The Kier molecular flexibility index (Phi) is 19.4. The minimum atomic E-state index is 0.505. The Morgan fingerprint density at radius 2 is 0.919 bits per heavy atom. The molecule has 1 heterocycles. The zero-order valence-electron chi connectivity index (χ0n) is 25.0. The minimum Gasteiger partial charge on any atom is -0.356 e. The molecular formula is C35H62N2. The third kappa shape index (κ3) is 14.9. The van der Waals surface area contributed by atoms with Gasteiger partial charge in [-0.1, -0.05) is 160 Å². The first-order chi connectivity index (χ1) is 18.4. The number of hydrogen-bond donors (Lipinski definition) is 0. The van der Waals surface area contributed by atoms with Gasteiger partial charge in [0.05, 0.1) is 0 Å². The van der Waals surface area contributed by atoms with E-state index in [2.05, 4.69) is 66.4 Å². The first-order valence-corrected chi connectivity index (χ1v) is 16.6. The van der Waals surface area contributed by atoms with Crippen LogP contribution in [0.4, 0.5) is 5.69 Å². The predicted octanol–water partition coefficient (Wildman–Crippen LogP) is 11.6. The number of para-hydroxylation sites is 1. The van der Waals surface area contributed by atoms with Crippen LogP contribution in [-0.2, 0) is 0 Å². The molecule has 1 aromatic carbocycles. The van der Waals surface area contributed by atoms with Gasteiger partial charge in [-0.25, -0.2) is 0 Å². The highest BCUT2D eigenvalue weighted by molar-refractivity contribution is 5.51. The summed E-state index contributed by atoms with van der Waals surface area (Å²) in [4.78, 5) is 5.13. The maximum atomic E-state index is 2.62. The van der Waals surface area contributed by atoms with Crippen molar-refractivity contribution in [1.29, 1.82) is 0 Å². The lowest BCUT2D eigenvalue weighted by atomic mass is 10.0. The number of benzene rings is 1. The molecule has 37 heavy (non-hydrogen) atoms. The van der Waals surface area contributed by atoms with E-state index in [9.17, 15) is 0 Å². The van der Waals surface area contributed by atoms with E-state index in [0.717, 1.165) is 0 Å². The average Bonchev–Trinajstić information content (AvgIpc) is 3.33. The summed E-state index contributed by atoms with van der Waals surface area (Å²) in [6.07, 6.45) is 37.7. The van der Waals surface area contributed by atoms with Crippen LogP contribution in [0.2, 0.25) is 0 Å². The van der Waals surface area contributed by atoms with E-state index in [1.807, 2.05) is 0 Å². The molecule has 0 radical (unpaired) electrons. The Hall–Kier alpha value is -1.44. The van der Waals surface area contributed by atoms with Crippen molar-refractivity contribution < 1.29 is 0 Å². The fourth-order valence-electron chi connectivity index (χ4n) is 5.85. The van der Waals surface area contributed by atoms with E-state index in [1.165, 1.54) is 160 Å². The molecule has 212 valence electrons. The van der Waals surface area contributed by atoms with Crippen molar-refractivity contribution in [3.8, 4) is 0 Å². The van der Waals surface area contributed by atoms with Crippen molar-refractivity contribution in [2.45, 2.75) is 168 Å². The van der Waals surface area contributed by atoms with Crippen LogP contribution in [0, 0.1) is 0 Å². The Bertz CT molecular complexity index is 640. The van der Waals surface area contributed by atoms with Crippen molar-refractivity contribution in [1.82, 2.24) is 4.90 Å². The van der Waals surface area contributed by atoms with Crippen LogP contribution in [0.5, 0.6) is 0 Å². The minimum absolute atomic E-state index is 0.505. The highest BCUT2D eigenvalue weighted by Crippen LogP contribution is 2.28. The van der Waals surface area contributed by atoms with Crippen molar-refractivity contribution in [2.75, 3.05) is 11.4 Å². The van der Waals surface area contributed by atoms with Crippen LogP contribution in [-0.4, -0.2) is 17.6 Å². The molecule has 1 aromatic rings. The van der Waals surface area contributed by atoms with Crippen LogP contribution in [0.25, 0.3) is 0 Å². The van der Waals surface area contributed by atoms with E-state index in [4.69, 9.17) is 0 Å². The summed E-state index contributed by atoms with van der Waals surface area (Å²) in [7, 11) is 0. The average molecular weight is 511 g/mol. The first kappa shape index (κ1) is 31.8. The van der Waals surface area contributed by atoms with Gasteiger partial charge in [-0.2, -0.15) is 0 Å². The largest absolute Gasteiger partial charge is 0.356 e. The summed E-state index contributed by atoms with van der Waals surface area (Å²) >= 11 is 0. The molecule has 0 fully saturated rings. The summed E-state index contributed by atoms with van der Waals surface area (Å²) in [6, 6.07) is 11.0. The predicted molar refractivity (Wildman–Crippen MR) is 166 cm³/mol. The van der Waals surface area contributed by atoms with Gasteiger partial charge < -0.3 is 9.80 Å². The second kappa shape index (κ2) is 22.5. The molecule has 0 bridgehead atoms. The van der Waals surface area contributed by atoms with Gasteiger partial charge in [0.15, 0.2) is 0 Å². The summed E-state index contributed by atoms with van der Waals surface area (Å²) in [6.45, 7) is 5.81. The Morgan fingerprint density at radius 1 is 0.486 bits per heavy atom. The van der Waals surface area contributed by atoms with Crippen LogP contribution in [0.3, 0.4) is 0 Å². The van der Waals surface area contributed by atoms with Crippen molar-refractivity contribution in [2.24, 2.45) is 0 Å². The smallest absolute Gasteiger partial charge is 0.105 e. The lowest BCUT2D eigenvalue weighted by Crippen LogP contribution is -2.39. The maximum Gasteiger partial charge on any atom is 0.105 e. The van der Waals surface area contributed by atoms with Crippen LogP contribution in [0.15, 0.2) is 42.7 Å². The highest BCUT2D eigenvalue weighted by atomic mass is 15.4. The maximum absolute atomic E-state index is 2.62. The molecule has 0 spiro atoms. The lowest BCUT2D eigenvalue weighted by molar-refractivity contribution is 0.273. The SMILES string of the molecule is CCCCCCCCCCCCCCCCCCCC1N(CCCCCCC)C=CN1c1ccccc1. The molecule has 0 saturated carbocycles. The molecule has 0 aromatic heterocycles. The quantitative estimate of drug-likeness (QED) is 0.121. The van der Waals surface area contributed by atoms with E-state index in [1.54, 1.807) is 0 Å². The number of anilines is 1. The Balaban J connectivity index is 1.50. The molecule has 0 amide bonds. The van der Waals surface area contributed by atoms with Crippen molar-refractivity contribution >= 4 is 5.69 Å². The lowest BCUT2D eigenvalue weighted by Gasteiger charge is -2.33. The summed E-state index contributed by atoms with van der Waals surface area (Å²) in [5.41, 5.74) is 1.34. The fraction of sp³-hybridized carbons (Fsp3) is 0.771. The zero-order valence-corrected chi connectivity index (χ0v) is 25.0. The zero-order chi connectivity index (χ0) is 26.2. The Labute approximate surface area is 232 Å². The highest BCUT2D eigenvalue weighted by Gasteiger charge is 2.26. The summed E-state index contributed by atoms with van der Waals surface area (Å²) < 4.78 is 0. The van der Waals surface area contributed by atoms with Gasteiger partial charge in [0.2, 0.25) is 0 Å². The number of nitrogens with zero attached hydrogens (tertiary/aromatic N) is 2. The molecule has 2 nitrogen and oxygen atoms in total. The van der Waals surface area contributed by atoms with Gasteiger partial charge in [-0.3, -0.25) is 0 Å². The van der Waals surface area contributed by atoms with Gasteiger partial charge in [0.25, 0.3) is 0 Å². The summed E-state index contributed by atoms with van der Waals surface area (Å²) in [5.74, 6) is 0. The standard InChI is InChI=1S/C35H62N2/c1-3-5-7-9-10-11-12-13-14-15-16-17-18-19-20-21-26-30-35-36(31-27-22-8-6-4-2)32-33-37(35)34-28-24-23-25-29-34/h23-25,28-29,32-33,35H,3-22,26-27,30-31H2,1-2H3. The molecule has 2 rings (SSSR count). The van der Waals surface area contributed by atoms with E-state index >= 15 is 0 Å². The number of rotatable bonds is 25. The molecule has 2 heteroatoms. The molecule has 0 N–H and O–H groups in total. The van der Waals surface area contributed by atoms with Crippen LogP contribution in [0.1, 0.15) is 162 Å². The van der Waals surface area contributed by atoms with Crippen molar-refractivity contribution in [3.05, 3.63) is 42.7 Å². The Morgan fingerprint density at radius 3 is 1.41 bits per heavy atom. The molecule has 0 aliphatic carbocycles. The fourth-order valence-corrected chi connectivity index (χ4v) is 5.85. The van der Waals surface area contributed by atoms with Gasteiger partial charge in [-0.15, -0.1) is 0 Å². The second-order valence-electron chi connectivity index (χ2n) is 11.6. The van der Waals surface area contributed by atoms with Gasteiger partial charge in [0, 0.05) is 24.6 Å². The van der Waals surface area contributed by atoms with E-state index < -0.39 is 0 Å². The van der Waals surface area contributed by atoms with Crippen LogP contribution >= 0.6 is 0 Å². The van der Waals surface area contributed by atoms with Crippen molar-refractivity contribution in [3.63, 3.8) is 0 Å². The monoisotopic (exact) mass is 510 g/mol.